The van der Waals surface area contributed by atoms with Gasteiger partial charge >= 0.3 is 5.97 Å². The zero-order valence-electron chi connectivity index (χ0n) is 6.39. The van der Waals surface area contributed by atoms with Crippen LogP contribution in [0.2, 0.25) is 0 Å². The number of hydrogen-bond acceptors (Lipinski definition) is 2. The molecular weight excluding hydrogens is 196 g/mol. The molecule has 0 aliphatic carbocycles. The normalized spacial score (nSPS) is 12.7. The van der Waals surface area contributed by atoms with Crippen molar-refractivity contribution in [3.8, 4) is 0 Å². The third-order valence-corrected chi connectivity index (χ3v) is 1.66. The number of hydrogen-bond donors (Lipinski definition) is 0. The summed E-state index contributed by atoms with van der Waals surface area (Å²) in [6.07, 6.45) is 0.848. The lowest BCUT2D eigenvalue weighted by molar-refractivity contribution is -0.147. The molecule has 10 heavy (non-hydrogen) atoms. The molecule has 0 aromatic rings. The summed E-state index contributed by atoms with van der Waals surface area (Å²) >= 11 is 3.17. The summed E-state index contributed by atoms with van der Waals surface area (Å²) in [5.41, 5.74) is 0. The molecule has 0 aliphatic rings. The molecule has 0 rings (SSSR count). The highest BCUT2D eigenvalue weighted by molar-refractivity contribution is 9.09. The first-order valence-corrected chi connectivity index (χ1v) is 4.57. The SMILES string of the molecule is CCC(C)C(=O)OCCBr. The minimum Gasteiger partial charge on any atom is -0.465 e. The third kappa shape index (κ3) is 3.88. The minimum absolute atomic E-state index is 0.0408. The van der Waals surface area contributed by atoms with Crippen LogP contribution in [0.5, 0.6) is 0 Å². The highest BCUT2D eigenvalue weighted by atomic mass is 79.9. The molecule has 1 atom stereocenters. The van der Waals surface area contributed by atoms with Crippen LogP contribution < -0.4 is 0 Å². The Morgan fingerprint density at radius 2 is 2.30 bits per heavy atom. The van der Waals surface area contributed by atoms with E-state index < -0.39 is 0 Å². The van der Waals surface area contributed by atoms with Gasteiger partial charge in [-0.3, -0.25) is 4.79 Å². The van der Waals surface area contributed by atoms with E-state index in [4.69, 9.17) is 4.74 Å². The van der Waals surface area contributed by atoms with Gasteiger partial charge in [0.25, 0.3) is 0 Å². The van der Waals surface area contributed by atoms with Crippen LogP contribution in [0.4, 0.5) is 0 Å². The van der Waals surface area contributed by atoms with Crippen LogP contribution in [-0.2, 0) is 9.53 Å². The van der Waals surface area contributed by atoms with E-state index in [1.54, 1.807) is 0 Å². The van der Waals surface area contributed by atoms with Gasteiger partial charge in [-0.05, 0) is 6.42 Å². The van der Waals surface area contributed by atoms with Crippen molar-refractivity contribution in [2.24, 2.45) is 5.92 Å². The van der Waals surface area contributed by atoms with E-state index in [0.29, 0.717) is 6.61 Å². The molecule has 0 fully saturated rings. The Morgan fingerprint density at radius 1 is 1.70 bits per heavy atom. The summed E-state index contributed by atoms with van der Waals surface area (Å²) in [5, 5.41) is 0.717. The molecule has 0 aliphatic heterocycles. The molecular formula is C7H13BrO2. The van der Waals surface area contributed by atoms with E-state index in [1.165, 1.54) is 0 Å². The Kier molecular flexibility index (Phi) is 5.69. The van der Waals surface area contributed by atoms with E-state index in [1.807, 2.05) is 13.8 Å². The Hall–Kier alpha value is -0.0500. The van der Waals surface area contributed by atoms with Crippen molar-refractivity contribution in [1.82, 2.24) is 0 Å². The highest BCUT2D eigenvalue weighted by Crippen LogP contribution is 2.02. The molecule has 0 saturated heterocycles. The van der Waals surface area contributed by atoms with Crippen LogP contribution in [0, 0.1) is 5.92 Å². The van der Waals surface area contributed by atoms with Crippen LogP contribution in [0.15, 0.2) is 0 Å². The zero-order chi connectivity index (χ0) is 7.98. The lowest BCUT2D eigenvalue weighted by Gasteiger charge is -2.06. The number of rotatable bonds is 4. The predicted octanol–water partition coefficient (Wildman–Crippen LogP) is 1.97. The van der Waals surface area contributed by atoms with Crippen molar-refractivity contribution in [3.05, 3.63) is 0 Å². The number of halogens is 1. The summed E-state index contributed by atoms with van der Waals surface area (Å²) in [4.78, 5) is 10.9. The average molecular weight is 209 g/mol. The largest absolute Gasteiger partial charge is 0.465 e. The molecule has 2 nitrogen and oxygen atoms in total. The first-order valence-electron chi connectivity index (χ1n) is 3.45. The maximum absolute atomic E-state index is 10.9. The van der Waals surface area contributed by atoms with Gasteiger partial charge < -0.3 is 4.74 Å². The fourth-order valence-corrected chi connectivity index (χ4v) is 0.610. The lowest BCUT2D eigenvalue weighted by atomic mass is 10.1. The number of carbonyl (C=O) groups excluding carboxylic acids is 1. The fraction of sp³-hybridized carbons (Fsp3) is 0.857. The predicted molar refractivity (Wildman–Crippen MR) is 44.2 cm³/mol. The van der Waals surface area contributed by atoms with Gasteiger partial charge in [0, 0.05) is 5.33 Å². The molecule has 0 bridgehead atoms. The molecule has 0 spiro atoms. The topological polar surface area (TPSA) is 26.3 Å². The summed E-state index contributed by atoms with van der Waals surface area (Å²) in [5.74, 6) is -0.0546. The van der Waals surface area contributed by atoms with Gasteiger partial charge in [0.05, 0.1) is 5.92 Å². The number of alkyl halides is 1. The second kappa shape index (κ2) is 5.71. The number of ether oxygens (including phenoxy) is 1. The van der Waals surface area contributed by atoms with Crippen LogP contribution in [0.3, 0.4) is 0 Å². The summed E-state index contributed by atoms with van der Waals surface area (Å²) < 4.78 is 4.86. The van der Waals surface area contributed by atoms with Gasteiger partial charge in [0.15, 0.2) is 0 Å². The van der Waals surface area contributed by atoms with Gasteiger partial charge in [-0.1, -0.05) is 29.8 Å². The average Bonchev–Trinajstić information content (AvgIpc) is 1.98. The first kappa shape index (κ1) is 9.95. The summed E-state index contributed by atoms with van der Waals surface area (Å²) in [7, 11) is 0. The third-order valence-electron chi connectivity index (χ3n) is 1.34. The van der Waals surface area contributed by atoms with E-state index >= 15 is 0 Å². The highest BCUT2D eigenvalue weighted by Gasteiger charge is 2.10. The second-order valence-corrected chi connectivity index (χ2v) is 2.96. The van der Waals surface area contributed by atoms with Crippen molar-refractivity contribution in [2.75, 3.05) is 11.9 Å². The van der Waals surface area contributed by atoms with Crippen LogP contribution in [-0.4, -0.2) is 17.9 Å². The Bertz CT molecular complexity index is 104. The van der Waals surface area contributed by atoms with Gasteiger partial charge in [0.2, 0.25) is 0 Å². The molecule has 1 unspecified atom stereocenters. The van der Waals surface area contributed by atoms with Gasteiger partial charge in [-0.25, -0.2) is 0 Å². The zero-order valence-corrected chi connectivity index (χ0v) is 7.98. The number of esters is 1. The van der Waals surface area contributed by atoms with Crippen molar-refractivity contribution < 1.29 is 9.53 Å². The summed E-state index contributed by atoms with van der Waals surface area (Å²) in [6.45, 7) is 4.32. The van der Waals surface area contributed by atoms with Crippen LogP contribution in [0.25, 0.3) is 0 Å². The molecule has 0 aromatic carbocycles. The van der Waals surface area contributed by atoms with E-state index in [2.05, 4.69) is 15.9 Å². The van der Waals surface area contributed by atoms with Crippen molar-refractivity contribution in [3.63, 3.8) is 0 Å². The Labute approximate surface area is 70.1 Å². The maximum Gasteiger partial charge on any atom is 0.308 e. The van der Waals surface area contributed by atoms with E-state index in [0.717, 1.165) is 11.8 Å². The molecule has 60 valence electrons. The molecule has 0 N–H and O–H groups in total. The fourth-order valence-electron chi connectivity index (χ4n) is 0.448. The second-order valence-electron chi connectivity index (χ2n) is 2.17. The molecule has 0 heterocycles. The minimum atomic E-state index is -0.0954. The first-order chi connectivity index (χ1) is 4.72. The van der Waals surface area contributed by atoms with Crippen molar-refractivity contribution in [1.29, 1.82) is 0 Å². The lowest BCUT2D eigenvalue weighted by Crippen LogP contribution is -2.14. The molecule has 3 heteroatoms. The standard InChI is InChI=1S/C7H13BrO2/c1-3-6(2)7(9)10-5-4-8/h6H,3-5H2,1-2H3. The Morgan fingerprint density at radius 3 is 2.70 bits per heavy atom. The van der Waals surface area contributed by atoms with Gasteiger partial charge in [-0.15, -0.1) is 0 Å². The van der Waals surface area contributed by atoms with Crippen LogP contribution in [0.1, 0.15) is 20.3 Å². The van der Waals surface area contributed by atoms with E-state index in [-0.39, 0.29) is 11.9 Å². The summed E-state index contributed by atoms with van der Waals surface area (Å²) in [6, 6.07) is 0. The molecule has 0 aromatic heterocycles. The smallest absolute Gasteiger partial charge is 0.308 e. The molecule has 0 saturated carbocycles. The van der Waals surface area contributed by atoms with Crippen molar-refractivity contribution in [2.45, 2.75) is 20.3 Å². The molecule has 0 radical (unpaired) electrons. The van der Waals surface area contributed by atoms with Crippen LogP contribution >= 0.6 is 15.9 Å². The monoisotopic (exact) mass is 208 g/mol. The Balaban J connectivity index is 3.42. The molecule has 0 amide bonds. The van der Waals surface area contributed by atoms with Gasteiger partial charge in [0.1, 0.15) is 6.61 Å². The van der Waals surface area contributed by atoms with E-state index in [9.17, 15) is 4.79 Å². The van der Waals surface area contributed by atoms with Crippen molar-refractivity contribution >= 4 is 21.9 Å². The van der Waals surface area contributed by atoms with Gasteiger partial charge in [-0.2, -0.15) is 0 Å². The number of carbonyl (C=O) groups is 1. The maximum atomic E-state index is 10.9. The quantitative estimate of drug-likeness (QED) is 0.522.